The van der Waals surface area contributed by atoms with Crippen LogP contribution in [0.1, 0.15) is 44.9 Å². The number of halogens is 1. The average Bonchev–Trinajstić information content (AvgIpc) is 2.94. The summed E-state index contributed by atoms with van der Waals surface area (Å²) < 4.78 is 13.8. The van der Waals surface area contributed by atoms with Crippen molar-refractivity contribution in [1.29, 1.82) is 0 Å². The van der Waals surface area contributed by atoms with Crippen molar-refractivity contribution in [2.45, 2.75) is 44.9 Å². The van der Waals surface area contributed by atoms with Crippen LogP contribution < -0.4 is 0 Å². The molecule has 0 aromatic carbocycles. The summed E-state index contributed by atoms with van der Waals surface area (Å²) in [6.45, 7) is 1.99. The molecule has 2 aliphatic heterocycles. The van der Waals surface area contributed by atoms with E-state index in [1.54, 1.807) is 6.08 Å². The van der Waals surface area contributed by atoms with Gasteiger partial charge in [0.2, 0.25) is 0 Å². The normalized spacial score (nSPS) is 25.6. The van der Waals surface area contributed by atoms with Gasteiger partial charge in [-0.1, -0.05) is 30.6 Å². The van der Waals surface area contributed by atoms with E-state index in [1.165, 1.54) is 37.3 Å². The Bertz CT molecular complexity index is 772. The summed E-state index contributed by atoms with van der Waals surface area (Å²) in [5, 5.41) is 0. The van der Waals surface area contributed by atoms with Crippen molar-refractivity contribution < 1.29 is 9.18 Å². The van der Waals surface area contributed by atoms with Crippen molar-refractivity contribution in [1.82, 2.24) is 4.90 Å². The van der Waals surface area contributed by atoms with E-state index < -0.39 is 0 Å². The van der Waals surface area contributed by atoms with E-state index in [-0.39, 0.29) is 11.6 Å². The second kappa shape index (κ2) is 6.95. The standard InChI is InChI=1S/C21H23FN2O/c22-17-7-5-6-15-8-9-16(18(15)13-17)12-19-20(25)14-21(23-19)24-10-3-1-2-4-11-24/h5,7,9,12-13H,1-4,6,8,10-11,14H2/b19-12-. The molecular weight excluding hydrogens is 315 g/mol. The van der Waals surface area contributed by atoms with E-state index in [1.807, 2.05) is 12.2 Å². The third kappa shape index (κ3) is 3.44. The van der Waals surface area contributed by atoms with Crippen LogP contribution in [0.3, 0.4) is 0 Å². The minimum Gasteiger partial charge on any atom is -0.360 e. The molecule has 0 atom stereocenters. The minimum atomic E-state index is -0.234. The minimum absolute atomic E-state index is 0.0744. The van der Waals surface area contributed by atoms with Gasteiger partial charge < -0.3 is 4.90 Å². The zero-order chi connectivity index (χ0) is 17.2. The van der Waals surface area contributed by atoms with Gasteiger partial charge in [0.05, 0.1) is 6.42 Å². The summed E-state index contributed by atoms with van der Waals surface area (Å²) in [5.74, 6) is 0.753. The Morgan fingerprint density at radius 2 is 1.92 bits per heavy atom. The molecule has 4 heteroatoms. The fourth-order valence-corrected chi connectivity index (χ4v) is 3.92. The molecule has 25 heavy (non-hydrogen) atoms. The molecule has 3 nitrogen and oxygen atoms in total. The smallest absolute Gasteiger partial charge is 0.188 e. The average molecular weight is 338 g/mol. The van der Waals surface area contributed by atoms with Crippen molar-refractivity contribution in [2.75, 3.05) is 13.1 Å². The molecule has 2 aliphatic carbocycles. The van der Waals surface area contributed by atoms with Crippen molar-refractivity contribution in [2.24, 2.45) is 4.99 Å². The van der Waals surface area contributed by atoms with Crippen molar-refractivity contribution in [3.8, 4) is 0 Å². The summed E-state index contributed by atoms with van der Waals surface area (Å²) in [5.41, 5.74) is 3.57. The molecular formula is C21H23FN2O. The van der Waals surface area contributed by atoms with Crippen LogP contribution in [-0.2, 0) is 4.79 Å². The first kappa shape index (κ1) is 16.2. The second-order valence-corrected chi connectivity index (χ2v) is 7.08. The number of hydrogen-bond acceptors (Lipinski definition) is 3. The van der Waals surface area contributed by atoms with Gasteiger partial charge in [-0.3, -0.25) is 4.79 Å². The number of carbonyl (C=O) groups excluding carboxylic acids is 1. The predicted molar refractivity (Wildman–Crippen MR) is 97.9 cm³/mol. The molecule has 0 amide bonds. The number of carbonyl (C=O) groups is 1. The molecule has 0 spiro atoms. The molecule has 1 fully saturated rings. The van der Waals surface area contributed by atoms with E-state index in [0.29, 0.717) is 12.1 Å². The predicted octanol–water partition coefficient (Wildman–Crippen LogP) is 4.56. The molecule has 0 saturated carbocycles. The van der Waals surface area contributed by atoms with Crippen LogP contribution in [0.15, 0.2) is 63.6 Å². The molecule has 0 aromatic rings. The first-order chi connectivity index (χ1) is 12.2. The van der Waals surface area contributed by atoms with E-state index >= 15 is 0 Å². The Hall–Kier alpha value is -2.23. The van der Waals surface area contributed by atoms with E-state index in [9.17, 15) is 9.18 Å². The van der Waals surface area contributed by atoms with E-state index in [4.69, 9.17) is 0 Å². The van der Waals surface area contributed by atoms with Crippen molar-refractivity contribution in [3.05, 3.63) is 58.6 Å². The second-order valence-electron chi connectivity index (χ2n) is 7.08. The topological polar surface area (TPSA) is 32.7 Å². The maximum Gasteiger partial charge on any atom is 0.188 e. The van der Waals surface area contributed by atoms with Crippen LogP contribution >= 0.6 is 0 Å². The van der Waals surface area contributed by atoms with Crippen LogP contribution in [0.5, 0.6) is 0 Å². The highest BCUT2D eigenvalue weighted by atomic mass is 19.1. The molecule has 4 rings (SSSR count). The number of aliphatic imine (C=N–C) groups is 1. The lowest BCUT2D eigenvalue weighted by Gasteiger charge is -2.21. The Morgan fingerprint density at radius 3 is 2.72 bits per heavy atom. The van der Waals surface area contributed by atoms with Gasteiger partial charge in [-0.05, 0) is 55.1 Å². The zero-order valence-corrected chi connectivity index (χ0v) is 14.4. The highest BCUT2D eigenvalue weighted by Gasteiger charge is 2.26. The lowest BCUT2D eigenvalue weighted by atomic mass is 10.0. The number of nitrogens with zero attached hydrogens (tertiary/aromatic N) is 2. The summed E-state index contributed by atoms with van der Waals surface area (Å²) in [6.07, 6.45) is 15.7. The molecule has 0 bridgehead atoms. The first-order valence-electron chi connectivity index (χ1n) is 9.24. The van der Waals surface area contributed by atoms with Gasteiger partial charge in [-0.15, -0.1) is 0 Å². The molecule has 0 N–H and O–H groups in total. The lowest BCUT2D eigenvalue weighted by molar-refractivity contribution is -0.114. The van der Waals surface area contributed by atoms with Gasteiger partial charge in [0.25, 0.3) is 0 Å². The fraction of sp³-hybridized carbons (Fsp3) is 0.429. The van der Waals surface area contributed by atoms with Crippen LogP contribution in [0.4, 0.5) is 4.39 Å². The van der Waals surface area contributed by atoms with Crippen molar-refractivity contribution in [3.63, 3.8) is 0 Å². The number of amidine groups is 1. The summed E-state index contributed by atoms with van der Waals surface area (Å²) in [6, 6.07) is 0. The Balaban J connectivity index is 1.58. The molecule has 0 unspecified atom stereocenters. The van der Waals surface area contributed by atoms with Crippen molar-refractivity contribution >= 4 is 11.6 Å². The third-order valence-corrected chi connectivity index (χ3v) is 5.30. The number of hydrogen-bond donors (Lipinski definition) is 0. The zero-order valence-electron chi connectivity index (χ0n) is 14.4. The first-order valence-corrected chi connectivity index (χ1v) is 9.24. The molecule has 0 radical (unpaired) electrons. The quantitative estimate of drug-likeness (QED) is 0.657. The van der Waals surface area contributed by atoms with Gasteiger partial charge in [0.1, 0.15) is 17.4 Å². The van der Waals surface area contributed by atoms with Gasteiger partial charge >= 0.3 is 0 Å². The highest BCUT2D eigenvalue weighted by molar-refractivity contribution is 6.15. The van der Waals surface area contributed by atoms with Gasteiger partial charge in [0, 0.05) is 13.1 Å². The highest BCUT2D eigenvalue weighted by Crippen LogP contribution is 2.35. The lowest BCUT2D eigenvalue weighted by Crippen LogP contribution is -2.31. The summed E-state index contributed by atoms with van der Waals surface area (Å²) in [7, 11) is 0. The maximum absolute atomic E-state index is 13.8. The van der Waals surface area contributed by atoms with Gasteiger partial charge in [-0.25, -0.2) is 9.38 Å². The van der Waals surface area contributed by atoms with Crippen LogP contribution in [-0.4, -0.2) is 29.6 Å². The van der Waals surface area contributed by atoms with E-state index in [2.05, 4.69) is 16.0 Å². The van der Waals surface area contributed by atoms with Crippen LogP contribution in [0.25, 0.3) is 0 Å². The number of likely N-dealkylation sites (tertiary alicyclic amines) is 1. The molecule has 2 heterocycles. The monoisotopic (exact) mass is 338 g/mol. The molecule has 1 saturated heterocycles. The summed E-state index contributed by atoms with van der Waals surface area (Å²) in [4.78, 5) is 19.3. The third-order valence-electron chi connectivity index (χ3n) is 5.30. The van der Waals surface area contributed by atoms with Gasteiger partial charge in [0.15, 0.2) is 5.78 Å². The molecule has 4 aliphatic rings. The summed E-state index contributed by atoms with van der Waals surface area (Å²) >= 11 is 0. The number of Topliss-reactive ketones (excluding diaryl/α,β-unsaturated/α-hetero) is 1. The largest absolute Gasteiger partial charge is 0.360 e. The Labute approximate surface area is 148 Å². The Morgan fingerprint density at radius 1 is 1.12 bits per heavy atom. The number of ketones is 1. The SMILES string of the molecule is O=C1CC(N2CCCCCC2)=N/C1=C\C1=CCC2=C1C=C(F)C=CC2. The number of allylic oxidation sites excluding steroid dienone is 10. The molecule has 130 valence electrons. The van der Waals surface area contributed by atoms with E-state index in [0.717, 1.165) is 42.9 Å². The van der Waals surface area contributed by atoms with Gasteiger partial charge in [-0.2, -0.15) is 0 Å². The maximum atomic E-state index is 13.8. The molecule has 0 aromatic heterocycles. The Kier molecular flexibility index (Phi) is 4.51. The van der Waals surface area contributed by atoms with Crippen LogP contribution in [0, 0.1) is 0 Å². The fourth-order valence-electron chi connectivity index (χ4n) is 3.92. The van der Waals surface area contributed by atoms with Crippen LogP contribution in [0.2, 0.25) is 0 Å². The number of rotatable bonds is 1.